The van der Waals surface area contributed by atoms with Crippen molar-refractivity contribution in [3.8, 4) is 0 Å². The van der Waals surface area contributed by atoms with Gasteiger partial charge in [-0.05, 0) is 31.1 Å². The minimum absolute atomic E-state index is 0.0554. The summed E-state index contributed by atoms with van der Waals surface area (Å²) in [5.74, 6) is 1.94. The molecule has 1 aliphatic carbocycles. The summed E-state index contributed by atoms with van der Waals surface area (Å²) in [6, 6.07) is 0.0554. The Morgan fingerprint density at radius 2 is 2.16 bits per heavy atom. The van der Waals surface area contributed by atoms with E-state index >= 15 is 0 Å². The molecule has 110 valence electrons. The van der Waals surface area contributed by atoms with Gasteiger partial charge in [-0.15, -0.1) is 0 Å². The Labute approximate surface area is 116 Å². The zero-order valence-corrected chi connectivity index (χ0v) is 12.1. The van der Waals surface area contributed by atoms with Gasteiger partial charge in [-0.1, -0.05) is 26.2 Å². The smallest absolute Gasteiger partial charge is 0.317 e. The summed E-state index contributed by atoms with van der Waals surface area (Å²) in [5, 5.41) is 12.1. The van der Waals surface area contributed by atoms with Gasteiger partial charge in [0, 0.05) is 32.2 Å². The summed E-state index contributed by atoms with van der Waals surface area (Å²) in [7, 11) is 0. The fraction of sp³-hybridized carbons (Fsp3) is 0.933. The Hall–Kier alpha value is -0.770. The van der Waals surface area contributed by atoms with Crippen LogP contribution in [-0.2, 0) is 0 Å². The highest BCUT2D eigenvalue weighted by atomic mass is 16.3. The number of aliphatic hydroxyl groups excluding tert-OH is 1. The van der Waals surface area contributed by atoms with Crippen molar-refractivity contribution >= 4 is 6.03 Å². The number of hydrogen-bond acceptors (Lipinski definition) is 2. The van der Waals surface area contributed by atoms with Crippen LogP contribution in [0.3, 0.4) is 0 Å². The molecule has 1 saturated heterocycles. The standard InChI is InChI=1S/C15H28N2O2/c1-12-3-2-4-13(9-12)5-7-16-15(19)17-8-6-14(10-17)11-18/h12-14,18H,2-11H2,1H3,(H,16,19). The van der Waals surface area contributed by atoms with E-state index in [-0.39, 0.29) is 18.6 Å². The number of nitrogens with one attached hydrogen (secondary N) is 1. The molecule has 2 N–H and O–H groups in total. The summed E-state index contributed by atoms with van der Waals surface area (Å²) >= 11 is 0. The second-order valence-corrected chi connectivity index (χ2v) is 6.44. The van der Waals surface area contributed by atoms with Crippen molar-refractivity contribution < 1.29 is 9.90 Å². The molecule has 2 amide bonds. The monoisotopic (exact) mass is 268 g/mol. The van der Waals surface area contributed by atoms with Crippen molar-refractivity contribution in [2.75, 3.05) is 26.2 Å². The first-order chi connectivity index (χ1) is 9.19. The van der Waals surface area contributed by atoms with Crippen LogP contribution in [0.15, 0.2) is 0 Å². The molecule has 4 heteroatoms. The second-order valence-electron chi connectivity index (χ2n) is 6.44. The number of rotatable bonds is 4. The lowest BCUT2D eigenvalue weighted by Crippen LogP contribution is -2.39. The lowest BCUT2D eigenvalue weighted by molar-refractivity contribution is 0.196. The van der Waals surface area contributed by atoms with Gasteiger partial charge in [0.15, 0.2) is 0 Å². The van der Waals surface area contributed by atoms with Crippen LogP contribution in [0.4, 0.5) is 4.79 Å². The molecule has 3 atom stereocenters. The molecule has 0 spiro atoms. The Morgan fingerprint density at radius 1 is 1.32 bits per heavy atom. The third-order valence-electron chi connectivity index (χ3n) is 4.71. The van der Waals surface area contributed by atoms with Gasteiger partial charge in [0.25, 0.3) is 0 Å². The minimum atomic E-state index is 0.0554. The first-order valence-electron chi connectivity index (χ1n) is 7.82. The third kappa shape index (κ3) is 4.37. The largest absolute Gasteiger partial charge is 0.396 e. The number of amides is 2. The van der Waals surface area contributed by atoms with Crippen LogP contribution < -0.4 is 5.32 Å². The molecule has 1 saturated carbocycles. The molecule has 0 bridgehead atoms. The van der Waals surface area contributed by atoms with Crippen LogP contribution in [0.5, 0.6) is 0 Å². The number of urea groups is 1. The van der Waals surface area contributed by atoms with Crippen LogP contribution in [0.1, 0.15) is 45.4 Å². The highest BCUT2D eigenvalue weighted by Gasteiger charge is 2.25. The lowest BCUT2D eigenvalue weighted by atomic mass is 9.81. The number of hydrogen-bond donors (Lipinski definition) is 2. The van der Waals surface area contributed by atoms with Gasteiger partial charge in [-0.2, -0.15) is 0 Å². The van der Waals surface area contributed by atoms with E-state index in [1.807, 2.05) is 4.90 Å². The molecule has 4 nitrogen and oxygen atoms in total. The van der Waals surface area contributed by atoms with E-state index in [1.165, 1.54) is 25.7 Å². The maximum Gasteiger partial charge on any atom is 0.317 e. The van der Waals surface area contributed by atoms with Gasteiger partial charge >= 0.3 is 6.03 Å². The molecule has 2 rings (SSSR count). The van der Waals surface area contributed by atoms with Gasteiger partial charge in [-0.3, -0.25) is 0 Å². The van der Waals surface area contributed by atoms with E-state index in [9.17, 15) is 4.79 Å². The highest BCUT2D eigenvalue weighted by Crippen LogP contribution is 2.30. The van der Waals surface area contributed by atoms with Crippen LogP contribution in [0, 0.1) is 17.8 Å². The van der Waals surface area contributed by atoms with E-state index in [4.69, 9.17) is 5.11 Å². The molecule has 0 aromatic rings. The zero-order valence-electron chi connectivity index (χ0n) is 12.1. The number of nitrogens with zero attached hydrogens (tertiary/aromatic N) is 1. The van der Waals surface area contributed by atoms with Crippen molar-refractivity contribution in [3.63, 3.8) is 0 Å². The fourth-order valence-electron chi connectivity index (χ4n) is 3.48. The van der Waals surface area contributed by atoms with Gasteiger partial charge in [0.05, 0.1) is 0 Å². The fourth-order valence-corrected chi connectivity index (χ4v) is 3.48. The van der Waals surface area contributed by atoms with Gasteiger partial charge < -0.3 is 15.3 Å². The molecule has 2 aliphatic rings. The van der Waals surface area contributed by atoms with Crippen molar-refractivity contribution in [1.29, 1.82) is 0 Å². The SMILES string of the molecule is CC1CCCC(CCNC(=O)N2CCC(CO)C2)C1. The number of aliphatic hydroxyl groups is 1. The Morgan fingerprint density at radius 3 is 2.84 bits per heavy atom. The summed E-state index contributed by atoms with van der Waals surface area (Å²) in [5.41, 5.74) is 0. The zero-order chi connectivity index (χ0) is 13.7. The van der Waals surface area contributed by atoms with Crippen LogP contribution in [0.2, 0.25) is 0 Å². The number of likely N-dealkylation sites (tertiary alicyclic amines) is 1. The average molecular weight is 268 g/mol. The molecular formula is C15H28N2O2. The van der Waals surface area contributed by atoms with Crippen LogP contribution in [-0.4, -0.2) is 42.3 Å². The molecule has 1 aliphatic heterocycles. The number of carbonyl (C=O) groups excluding carboxylic acids is 1. The summed E-state index contributed by atoms with van der Waals surface area (Å²) in [6.07, 6.45) is 7.43. The second kappa shape index (κ2) is 7.13. The van der Waals surface area contributed by atoms with Crippen molar-refractivity contribution in [3.05, 3.63) is 0 Å². The minimum Gasteiger partial charge on any atom is -0.396 e. The van der Waals surface area contributed by atoms with E-state index in [1.54, 1.807) is 0 Å². The lowest BCUT2D eigenvalue weighted by Gasteiger charge is -2.27. The van der Waals surface area contributed by atoms with Crippen LogP contribution >= 0.6 is 0 Å². The maximum atomic E-state index is 11.9. The predicted octanol–water partition coefficient (Wildman–Crippen LogP) is 2.23. The number of carbonyl (C=O) groups is 1. The van der Waals surface area contributed by atoms with E-state index < -0.39 is 0 Å². The van der Waals surface area contributed by atoms with Gasteiger partial charge in [0.1, 0.15) is 0 Å². The molecule has 19 heavy (non-hydrogen) atoms. The normalized spacial score (nSPS) is 31.5. The molecule has 1 heterocycles. The quantitative estimate of drug-likeness (QED) is 0.821. The van der Waals surface area contributed by atoms with E-state index in [2.05, 4.69) is 12.2 Å². The van der Waals surface area contributed by atoms with E-state index in [0.29, 0.717) is 6.54 Å². The molecular weight excluding hydrogens is 240 g/mol. The Balaban J connectivity index is 1.61. The molecule has 0 aromatic carbocycles. The Bertz CT molecular complexity index is 296. The van der Waals surface area contributed by atoms with Crippen molar-refractivity contribution in [2.24, 2.45) is 17.8 Å². The summed E-state index contributed by atoms with van der Waals surface area (Å²) < 4.78 is 0. The highest BCUT2D eigenvalue weighted by molar-refractivity contribution is 5.74. The van der Waals surface area contributed by atoms with Crippen LogP contribution in [0.25, 0.3) is 0 Å². The van der Waals surface area contributed by atoms with Crippen molar-refractivity contribution in [2.45, 2.75) is 45.4 Å². The summed E-state index contributed by atoms with van der Waals surface area (Å²) in [4.78, 5) is 13.8. The summed E-state index contributed by atoms with van der Waals surface area (Å²) in [6.45, 7) is 4.84. The molecule has 3 unspecified atom stereocenters. The first kappa shape index (κ1) is 14.6. The van der Waals surface area contributed by atoms with E-state index in [0.717, 1.165) is 37.8 Å². The topological polar surface area (TPSA) is 52.6 Å². The Kier molecular flexibility index (Phi) is 5.49. The first-order valence-corrected chi connectivity index (χ1v) is 7.82. The maximum absolute atomic E-state index is 11.9. The average Bonchev–Trinajstić information content (AvgIpc) is 2.87. The third-order valence-corrected chi connectivity index (χ3v) is 4.71. The molecule has 0 radical (unpaired) electrons. The molecule has 0 aromatic heterocycles. The molecule has 2 fully saturated rings. The predicted molar refractivity (Wildman–Crippen MR) is 75.9 cm³/mol. The van der Waals surface area contributed by atoms with Gasteiger partial charge in [0.2, 0.25) is 0 Å². The van der Waals surface area contributed by atoms with Crippen molar-refractivity contribution in [1.82, 2.24) is 10.2 Å². The van der Waals surface area contributed by atoms with Gasteiger partial charge in [-0.25, -0.2) is 4.79 Å².